The van der Waals surface area contributed by atoms with Crippen LogP contribution in [-0.4, -0.2) is 18.5 Å². The van der Waals surface area contributed by atoms with Crippen molar-refractivity contribution in [2.45, 2.75) is 12.4 Å². The molecule has 0 radical (unpaired) electrons. The smallest absolute Gasteiger partial charge is 0.416 e. The molecule has 0 heterocycles. The molecule has 0 aliphatic rings. The Morgan fingerprint density at radius 3 is 1.82 bits per heavy atom. The minimum absolute atomic E-state index is 0.0930. The van der Waals surface area contributed by atoms with Crippen LogP contribution in [0.25, 0.3) is 0 Å². The molecule has 0 unspecified atom stereocenters. The standard InChI is InChI=1S/C17H10F7NO3/c18-12-3-1-9(2-4-12)15(27)28-8-14(26)25-13-6-10(16(19,20)21)5-11(7-13)17(22,23)24/h1-7H,8H2,(H,25,26). The largest absolute Gasteiger partial charge is 0.452 e. The molecular formula is C17H10F7NO3. The van der Waals surface area contributed by atoms with Crippen molar-refractivity contribution in [2.75, 3.05) is 11.9 Å². The number of hydrogen-bond acceptors (Lipinski definition) is 3. The lowest BCUT2D eigenvalue weighted by atomic mass is 10.1. The zero-order valence-corrected chi connectivity index (χ0v) is 13.6. The lowest BCUT2D eigenvalue weighted by molar-refractivity contribution is -0.143. The number of anilines is 1. The van der Waals surface area contributed by atoms with E-state index in [0.29, 0.717) is 12.1 Å². The molecule has 0 saturated heterocycles. The van der Waals surface area contributed by atoms with Crippen LogP contribution in [0.4, 0.5) is 36.4 Å². The molecule has 2 aromatic carbocycles. The lowest BCUT2D eigenvalue weighted by Crippen LogP contribution is -2.22. The Kier molecular flexibility index (Phi) is 5.95. The summed E-state index contributed by atoms with van der Waals surface area (Å²) in [6, 6.07) is 4.58. The van der Waals surface area contributed by atoms with E-state index < -0.39 is 53.5 Å². The summed E-state index contributed by atoms with van der Waals surface area (Å²) in [7, 11) is 0. The van der Waals surface area contributed by atoms with Crippen LogP contribution in [-0.2, 0) is 21.9 Å². The minimum atomic E-state index is -5.07. The highest BCUT2D eigenvalue weighted by Gasteiger charge is 2.37. The average molecular weight is 409 g/mol. The molecule has 150 valence electrons. The SMILES string of the molecule is O=C(COC(=O)c1ccc(F)cc1)Nc1cc(C(F)(F)F)cc(C(F)(F)F)c1. The second kappa shape index (κ2) is 7.87. The maximum absolute atomic E-state index is 12.8. The minimum Gasteiger partial charge on any atom is -0.452 e. The van der Waals surface area contributed by atoms with Gasteiger partial charge in [0.25, 0.3) is 5.91 Å². The molecule has 28 heavy (non-hydrogen) atoms. The number of esters is 1. The molecule has 0 aromatic heterocycles. The molecule has 0 saturated carbocycles. The fourth-order valence-electron chi connectivity index (χ4n) is 2.02. The van der Waals surface area contributed by atoms with Gasteiger partial charge in [0.05, 0.1) is 16.7 Å². The number of alkyl halides is 6. The second-order valence-electron chi connectivity index (χ2n) is 5.43. The predicted molar refractivity (Wildman–Crippen MR) is 81.8 cm³/mol. The second-order valence-corrected chi connectivity index (χ2v) is 5.43. The molecule has 2 aromatic rings. The maximum atomic E-state index is 12.8. The van der Waals surface area contributed by atoms with Crippen molar-refractivity contribution in [1.82, 2.24) is 0 Å². The summed E-state index contributed by atoms with van der Waals surface area (Å²) in [5, 5.41) is 1.81. The molecule has 11 heteroatoms. The maximum Gasteiger partial charge on any atom is 0.416 e. The quantitative estimate of drug-likeness (QED) is 0.591. The van der Waals surface area contributed by atoms with Crippen LogP contribution in [0.15, 0.2) is 42.5 Å². The normalized spacial score (nSPS) is 11.8. The number of carbonyl (C=O) groups excluding carboxylic acids is 2. The van der Waals surface area contributed by atoms with Gasteiger partial charge >= 0.3 is 18.3 Å². The molecule has 2 rings (SSSR count). The first-order valence-corrected chi connectivity index (χ1v) is 7.38. The van der Waals surface area contributed by atoms with E-state index in [1.54, 1.807) is 5.32 Å². The van der Waals surface area contributed by atoms with Crippen molar-refractivity contribution in [2.24, 2.45) is 0 Å². The van der Waals surface area contributed by atoms with Crippen LogP contribution in [0.1, 0.15) is 21.5 Å². The predicted octanol–water partition coefficient (Wildman–Crippen LogP) is 4.66. The van der Waals surface area contributed by atoms with Gasteiger partial charge in [-0.05, 0) is 42.5 Å². The van der Waals surface area contributed by atoms with Gasteiger partial charge in [-0.1, -0.05) is 0 Å². The van der Waals surface area contributed by atoms with Crippen molar-refractivity contribution in [3.05, 3.63) is 65.0 Å². The fraction of sp³-hybridized carbons (Fsp3) is 0.176. The Morgan fingerprint density at radius 1 is 0.857 bits per heavy atom. The van der Waals surface area contributed by atoms with Crippen LogP contribution in [0.3, 0.4) is 0 Å². The third-order valence-corrected chi connectivity index (χ3v) is 3.29. The van der Waals surface area contributed by atoms with Crippen molar-refractivity contribution >= 4 is 17.6 Å². The number of amides is 1. The Hall–Kier alpha value is -3.11. The fourth-order valence-corrected chi connectivity index (χ4v) is 2.02. The van der Waals surface area contributed by atoms with Crippen molar-refractivity contribution in [3.63, 3.8) is 0 Å². The van der Waals surface area contributed by atoms with Crippen LogP contribution >= 0.6 is 0 Å². The van der Waals surface area contributed by atoms with E-state index >= 15 is 0 Å². The van der Waals surface area contributed by atoms with Crippen LogP contribution in [0, 0.1) is 5.82 Å². The molecule has 0 fully saturated rings. The number of hydrogen-bond donors (Lipinski definition) is 1. The highest BCUT2D eigenvalue weighted by Crippen LogP contribution is 2.37. The first-order chi connectivity index (χ1) is 12.9. The summed E-state index contributed by atoms with van der Waals surface area (Å²) in [5.74, 6) is -2.82. The summed E-state index contributed by atoms with van der Waals surface area (Å²) in [5.41, 5.74) is -4.10. The summed E-state index contributed by atoms with van der Waals surface area (Å²) < 4.78 is 93.9. The average Bonchev–Trinajstić information content (AvgIpc) is 2.58. The van der Waals surface area contributed by atoms with E-state index in [1.165, 1.54) is 0 Å². The summed E-state index contributed by atoms with van der Waals surface area (Å²) in [6.07, 6.45) is -10.1. The molecule has 0 spiro atoms. The monoisotopic (exact) mass is 409 g/mol. The van der Waals surface area contributed by atoms with Gasteiger partial charge < -0.3 is 10.1 Å². The topological polar surface area (TPSA) is 55.4 Å². The molecule has 0 aliphatic heterocycles. The number of rotatable bonds is 4. The molecule has 4 nitrogen and oxygen atoms in total. The van der Waals surface area contributed by atoms with E-state index in [1.807, 2.05) is 0 Å². The Bertz CT molecular complexity index is 842. The van der Waals surface area contributed by atoms with Gasteiger partial charge in [0.15, 0.2) is 6.61 Å². The lowest BCUT2D eigenvalue weighted by Gasteiger charge is -2.14. The zero-order chi connectivity index (χ0) is 21.1. The zero-order valence-electron chi connectivity index (χ0n) is 13.6. The number of nitrogens with one attached hydrogen (secondary N) is 1. The van der Waals surface area contributed by atoms with Gasteiger partial charge in [-0.2, -0.15) is 26.3 Å². The van der Waals surface area contributed by atoms with Gasteiger partial charge in [-0.15, -0.1) is 0 Å². The van der Waals surface area contributed by atoms with Gasteiger partial charge in [0.2, 0.25) is 0 Å². The van der Waals surface area contributed by atoms with Crippen molar-refractivity contribution in [3.8, 4) is 0 Å². The third kappa shape index (κ3) is 5.69. The first-order valence-electron chi connectivity index (χ1n) is 7.38. The van der Waals surface area contributed by atoms with Gasteiger partial charge in [0, 0.05) is 5.69 Å². The van der Waals surface area contributed by atoms with Gasteiger partial charge in [0.1, 0.15) is 5.82 Å². The molecule has 0 aliphatic carbocycles. The summed E-state index contributed by atoms with van der Waals surface area (Å²) >= 11 is 0. The van der Waals surface area contributed by atoms with Crippen LogP contribution in [0.5, 0.6) is 0 Å². The highest BCUT2D eigenvalue weighted by molar-refractivity contribution is 5.95. The first kappa shape index (κ1) is 21.2. The van der Waals surface area contributed by atoms with E-state index in [-0.39, 0.29) is 11.6 Å². The molecule has 0 atom stereocenters. The van der Waals surface area contributed by atoms with E-state index in [2.05, 4.69) is 4.74 Å². The van der Waals surface area contributed by atoms with Gasteiger partial charge in [-0.25, -0.2) is 9.18 Å². The van der Waals surface area contributed by atoms with E-state index in [9.17, 15) is 40.3 Å². The summed E-state index contributed by atoms with van der Waals surface area (Å²) in [4.78, 5) is 23.4. The Balaban J connectivity index is 2.10. The number of halogens is 7. The molecule has 1 N–H and O–H groups in total. The summed E-state index contributed by atoms with van der Waals surface area (Å²) in [6.45, 7) is -0.978. The third-order valence-electron chi connectivity index (χ3n) is 3.29. The Morgan fingerprint density at radius 2 is 1.36 bits per heavy atom. The van der Waals surface area contributed by atoms with Crippen LogP contribution in [0.2, 0.25) is 0 Å². The van der Waals surface area contributed by atoms with Crippen LogP contribution < -0.4 is 5.32 Å². The van der Waals surface area contributed by atoms with E-state index in [0.717, 1.165) is 24.3 Å². The Labute approximate surface area is 152 Å². The number of ether oxygens (including phenoxy) is 1. The van der Waals surface area contributed by atoms with E-state index in [4.69, 9.17) is 0 Å². The van der Waals surface area contributed by atoms with Gasteiger partial charge in [-0.3, -0.25) is 4.79 Å². The number of benzene rings is 2. The molecular weight excluding hydrogens is 399 g/mol. The number of carbonyl (C=O) groups is 2. The molecule has 1 amide bonds. The highest BCUT2D eigenvalue weighted by atomic mass is 19.4. The van der Waals surface area contributed by atoms with Crippen molar-refractivity contribution in [1.29, 1.82) is 0 Å². The molecule has 0 bridgehead atoms. The van der Waals surface area contributed by atoms with Crippen molar-refractivity contribution < 1.29 is 45.1 Å².